The zero-order valence-electron chi connectivity index (χ0n) is 11.8. The van der Waals surface area contributed by atoms with Crippen molar-refractivity contribution < 1.29 is 4.79 Å². The van der Waals surface area contributed by atoms with E-state index in [-0.39, 0.29) is 16.2 Å². The number of carbonyl (C=O) groups excluding carboxylic acids is 1. The molecule has 0 aromatic heterocycles. The zero-order valence-corrected chi connectivity index (χ0v) is 12.5. The fraction of sp³-hybridized carbons (Fsp3) is 0.611. The third kappa shape index (κ3) is 1.65. The first kappa shape index (κ1) is 12.9. The van der Waals surface area contributed by atoms with Gasteiger partial charge in [-0.05, 0) is 60.8 Å². The van der Waals surface area contributed by atoms with Gasteiger partial charge in [0.2, 0.25) is 0 Å². The Bertz CT molecular complexity index is 542. The molecule has 20 heavy (non-hydrogen) atoms. The Labute approximate surface area is 125 Å². The second-order valence-corrected chi connectivity index (χ2v) is 8.04. The molecule has 0 N–H and O–H groups in total. The molecule has 4 aliphatic carbocycles. The van der Waals surface area contributed by atoms with Gasteiger partial charge < -0.3 is 4.79 Å². The van der Waals surface area contributed by atoms with Gasteiger partial charge >= 0.3 is 0 Å². The summed E-state index contributed by atoms with van der Waals surface area (Å²) in [6.45, 7) is 0. The van der Waals surface area contributed by atoms with Gasteiger partial charge in [-0.2, -0.15) is 0 Å². The molecule has 4 unspecified atom stereocenters. The molecule has 4 fully saturated rings. The van der Waals surface area contributed by atoms with Gasteiger partial charge in [0, 0.05) is 11.3 Å². The monoisotopic (exact) mass is 288 g/mol. The minimum atomic E-state index is -0.0931. The molecule has 0 aliphatic heterocycles. The molecule has 4 saturated carbocycles. The van der Waals surface area contributed by atoms with Crippen LogP contribution in [-0.2, 0) is 10.2 Å². The minimum absolute atomic E-state index is 0.0931. The van der Waals surface area contributed by atoms with E-state index in [1.165, 1.54) is 31.1 Å². The standard InChI is InChI=1S/C18H21ClO/c19-12-16-6-14-7-17(9-16,13-20)11-18(8-14,10-16)15-4-2-1-3-5-15/h1-5,13-14H,6-12H2. The van der Waals surface area contributed by atoms with Crippen molar-refractivity contribution in [2.24, 2.45) is 16.7 Å². The molecule has 2 heteroatoms. The van der Waals surface area contributed by atoms with E-state index in [2.05, 4.69) is 30.3 Å². The Morgan fingerprint density at radius 3 is 2.60 bits per heavy atom. The van der Waals surface area contributed by atoms with Crippen molar-refractivity contribution in [2.45, 2.75) is 43.9 Å². The molecule has 0 heterocycles. The topological polar surface area (TPSA) is 17.1 Å². The van der Waals surface area contributed by atoms with Gasteiger partial charge in [-0.1, -0.05) is 30.3 Å². The summed E-state index contributed by atoms with van der Waals surface area (Å²) in [4.78, 5) is 11.8. The highest BCUT2D eigenvalue weighted by molar-refractivity contribution is 6.18. The van der Waals surface area contributed by atoms with Crippen molar-refractivity contribution in [1.29, 1.82) is 0 Å². The van der Waals surface area contributed by atoms with E-state index in [1.807, 2.05) is 0 Å². The molecule has 4 bridgehead atoms. The van der Waals surface area contributed by atoms with Crippen LogP contribution >= 0.6 is 11.6 Å². The minimum Gasteiger partial charge on any atom is -0.303 e. The van der Waals surface area contributed by atoms with Crippen molar-refractivity contribution in [3.8, 4) is 0 Å². The second kappa shape index (κ2) is 4.10. The molecule has 5 rings (SSSR count). The van der Waals surface area contributed by atoms with E-state index in [9.17, 15) is 4.79 Å². The predicted octanol–water partition coefficient (Wildman–Crippen LogP) is 4.33. The predicted molar refractivity (Wildman–Crippen MR) is 81.0 cm³/mol. The Kier molecular flexibility index (Phi) is 2.64. The van der Waals surface area contributed by atoms with Crippen LogP contribution in [0.15, 0.2) is 30.3 Å². The molecule has 1 nitrogen and oxygen atoms in total. The average Bonchev–Trinajstić information content (AvgIpc) is 2.47. The van der Waals surface area contributed by atoms with Crippen LogP contribution < -0.4 is 0 Å². The number of aldehydes is 1. The molecule has 0 spiro atoms. The zero-order chi connectivity index (χ0) is 13.8. The highest BCUT2D eigenvalue weighted by Gasteiger charge is 2.63. The molecule has 4 atom stereocenters. The first-order chi connectivity index (χ1) is 9.63. The maximum absolute atomic E-state index is 11.8. The number of carbonyl (C=O) groups is 1. The van der Waals surface area contributed by atoms with Crippen LogP contribution in [0.1, 0.15) is 44.1 Å². The smallest absolute Gasteiger partial charge is 0.126 e. The van der Waals surface area contributed by atoms with Crippen LogP contribution in [0.5, 0.6) is 0 Å². The molecule has 1 aromatic carbocycles. The van der Waals surface area contributed by atoms with Crippen molar-refractivity contribution in [1.82, 2.24) is 0 Å². The molecular weight excluding hydrogens is 268 g/mol. The fourth-order valence-electron chi connectivity index (χ4n) is 6.11. The fourth-order valence-corrected chi connectivity index (χ4v) is 6.41. The summed E-state index contributed by atoms with van der Waals surface area (Å²) in [6, 6.07) is 10.9. The number of hydrogen-bond acceptors (Lipinski definition) is 1. The van der Waals surface area contributed by atoms with Gasteiger partial charge in [0.15, 0.2) is 0 Å². The number of halogens is 1. The van der Waals surface area contributed by atoms with Crippen LogP contribution in [0.2, 0.25) is 0 Å². The molecule has 1 aromatic rings. The lowest BCUT2D eigenvalue weighted by molar-refractivity contribution is -0.145. The summed E-state index contributed by atoms with van der Waals surface area (Å²) in [5, 5.41) is 0. The molecule has 0 amide bonds. The largest absolute Gasteiger partial charge is 0.303 e. The van der Waals surface area contributed by atoms with Crippen LogP contribution in [0, 0.1) is 16.7 Å². The first-order valence-corrected chi connectivity index (χ1v) is 8.25. The quantitative estimate of drug-likeness (QED) is 0.597. The summed E-state index contributed by atoms with van der Waals surface area (Å²) >= 11 is 6.37. The summed E-state index contributed by atoms with van der Waals surface area (Å²) in [7, 11) is 0. The van der Waals surface area contributed by atoms with Crippen LogP contribution in [-0.4, -0.2) is 12.2 Å². The van der Waals surface area contributed by atoms with Crippen molar-refractivity contribution in [3.05, 3.63) is 35.9 Å². The number of alkyl halides is 1. The SMILES string of the molecule is O=CC12CC3CC(CCl)(C1)CC(c1ccccc1)(C3)C2. The van der Waals surface area contributed by atoms with E-state index in [4.69, 9.17) is 11.6 Å². The van der Waals surface area contributed by atoms with Gasteiger partial charge in [-0.15, -0.1) is 11.6 Å². The van der Waals surface area contributed by atoms with Crippen molar-refractivity contribution in [3.63, 3.8) is 0 Å². The second-order valence-electron chi connectivity index (χ2n) is 7.77. The van der Waals surface area contributed by atoms with E-state index < -0.39 is 0 Å². The third-order valence-corrected chi connectivity index (χ3v) is 6.71. The molecule has 0 saturated heterocycles. The number of hydrogen-bond donors (Lipinski definition) is 0. The highest BCUT2D eigenvalue weighted by Crippen LogP contribution is 2.69. The van der Waals surface area contributed by atoms with E-state index >= 15 is 0 Å². The van der Waals surface area contributed by atoms with E-state index in [0.29, 0.717) is 11.8 Å². The van der Waals surface area contributed by atoms with Crippen molar-refractivity contribution >= 4 is 17.9 Å². The summed E-state index contributed by atoms with van der Waals surface area (Å²) in [5.74, 6) is 1.41. The maximum atomic E-state index is 11.8. The van der Waals surface area contributed by atoms with Crippen LogP contribution in [0.25, 0.3) is 0 Å². The highest BCUT2D eigenvalue weighted by atomic mass is 35.5. The molecule has 0 radical (unpaired) electrons. The molecule has 4 aliphatic rings. The molecule has 106 valence electrons. The summed E-state index contributed by atoms with van der Waals surface area (Å²) in [6.07, 6.45) is 8.12. The van der Waals surface area contributed by atoms with E-state index in [1.54, 1.807) is 0 Å². The van der Waals surface area contributed by atoms with Gasteiger partial charge in [0.05, 0.1) is 0 Å². The van der Waals surface area contributed by atoms with Crippen LogP contribution in [0.4, 0.5) is 0 Å². The van der Waals surface area contributed by atoms with Gasteiger partial charge in [0.1, 0.15) is 6.29 Å². The third-order valence-electron chi connectivity index (χ3n) is 6.15. The summed E-state index contributed by atoms with van der Waals surface area (Å²) < 4.78 is 0. The lowest BCUT2D eigenvalue weighted by Gasteiger charge is -2.65. The Balaban J connectivity index is 1.84. The average molecular weight is 289 g/mol. The summed E-state index contributed by atoms with van der Waals surface area (Å²) in [5.41, 5.74) is 1.75. The number of rotatable bonds is 3. The Morgan fingerprint density at radius 1 is 1.10 bits per heavy atom. The Morgan fingerprint density at radius 2 is 1.90 bits per heavy atom. The Hall–Kier alpha value is -0.820. The molecular formula is C18H21ClO. The lowest BCUT2D eigenvalue weighted by Crippen LogP contribution is -2.59. The van der Waals surface area contributed by atoms with Crippen LogP contribution in [0.3, 0.4) is 0 Å². The van der Waals surface area contributed by atoms with E-state index in [0.717, 1.165) is 19.3 Å². The lowest BCUT2D eigenvalue weighted by atomic mass is 9.39. The maximum Gasteiger partial charge on any atom is 0.126 e. The first-order valence-electron chi connectivity index (χ1n) is 7.71. The normalized spacial score (nSPS) is 45.5. The number of benzene rings is 1. The van der Waals surface area contributed by atoms with Crippen molar-refractivity contribution in [2.75, 3.05) is 5.88 Å². The van der Waals surface area contributed by atoms with Gasteiger partial charge in [0.25, 0.3) is 0 Å². The van der Waals surface area contributed by atoms with Gasteiger partial charge in [-0.3, -0.25) is 0 Å². The van der Waals surface area contributed by atoms with Gasteiger partial charge in [-0.25, -0.2) is 0 Å².